The number of hydrogen-bond acceptors (Lipinski definition) is 4. The predicted molar refractivity (Wildman–Crippen MR) is 63.1 cm³/mol. The Morgan fingerprint density at radius 3 is 1.50 bits per heavy atom. The first-order valence-electron chi connectivity index (χ1n) is 4.69. The molecule has 0 aromatic heterocycles. The summed E-state index contributed by atoms with van der Waals surface area (Å²) in [5, 5.41) is 0. The zero-order valence-electron chi connectivity index (χ0n) is 8.77. The van der Waals surface area contributed by atoms with Gasteiger partial charge in [-0.15, -0.1) is 23.2 Å². The molecular formula is C8H12Cl2O4S2. The van der Waals surface area contributed by atoms with Crippen LogP contribution >= 0.6 is 23.2 Å². The summed E-state index contributed by atoms with van der Waals surface area (Å²) in [6.45, 7) is 3.18. The summed E-state index contributed by atoms with van der Waals surface area (Å²) in [6, 6.07) is 0. The van der Waals surface area contributed by atoms with Crippen molar-refractivity contribution in [2.45, 2.75) is 23.3 Å². The molecule has 2 fully saturated rings. The molecular weight excluding hydrogens is 295 g/mol. The summed E-state index contributed by atoms with van der Waals surface area (Å²) >= 11 is 11.8. The summed E-state index contributed by atoms with van der Waals surface area (Å²) in [6.07, 6.45) is 0. The average molecular weight is 307 g/mol. The molecule has 94 valence electrons. The summed E-state index contributed by atoms with van der Waals surface area (Å²) in [7, 11) is -6.94. The second kappa shape index (κ2) is 3.08. The Labute approximate surface area is 105 Å². The normalized spacial score (nSPS) is 53.8. The van der Waals surface area contributed by atoms with Crippen molar-refractivity contribution in [2.75, 3.05) is 11.5 Å². The predicted octanol–water partition coefficient (Wildman–Crippen LogP) is 0.986. The molecule has 0 bridgehead atoms. The highest BCUT2D eigenvalue weighted by Gasteiger charge is 2.72. The van der Waals surface area contributed by atoms with E-state index in [-0.39, 0.29) is 11.5 Å². The van der Waals surface area contributed by atoms with Crippen LogP contribution in [-0.4, -0.2) is 37.8 Å². The molecule has 0 saturated carbocycles. The molecule has 2 aliphatic rings. The second-order valence-corrected chi connectivity index (χ2v) is 10.7. The van der Waals surface area contributed by atoms with Gasteiger partial charge in [-0.25, -0.2) is 16.8 Å². The standard InChI is InChI=1S/C8H12Cl2O4S2/c1-7-3-15(11,12)5(9)8(7,2)6(10)16(13,14)4-7/h5-6H,3-4H2,1-2H3/t5-,6+,7?,8?. The third-order valence-corrected chi connectivity index (χ3v) is 10.8. The van der Waals surface area contributed by atoms with E-state index in [1.807, 2.05) is 0 Å². The monoisotopic (exact) mass is 306 g/mol. The minimum atomic E-state index is -3.47. The maximum atomic E-state index is 11.8. The van der Waals surface area contributed by atoms with E-state index in [0.29, 0.717) is 0 Å². The number of hydrogen-bond donors (Lipinski definition) is 0. The number of rotatable bonds is 0. The quantitative estimate of drug-likeness (QED) is 0.626. The van der Waals surface area contributed by atoms with Gasteiger partial charge < -0.3 is 0 Å². The summed E-state index contributed by atoms with van der Waals surface area (Å²) < 4.78 is 44.6. The highest BCUT2D eigenvalue weighted by molar-refractivity contribution is 7.95. The zero-order chi connectivity index (χ0) is 12.6. The van der Waals surface area contributed by atoms with Gasteiger partial charge in [0.05, 0.1) is 11.5 Å². The minimum Gasteiger partial charge on any atom is -0.227 e. The van der Waals surface area contributed by atoms with Gasteiger partial charge in [0.25, 0.3) is 0 Å². The van der Waals surface area contributed by atoms with Gasteiger partial charge in [-0.05, 0) is 0 Å². The molecule has 2 heterocycles. The Hall–Kier alpha value is 0.480. The van der Waals surface area contributed by atoms with Gasteiger partial charge in [0.1, 0.15) is 9.42 Å². The van der Waals surface area contributed by atoms with Crippen LogP contribution in [0, 0.1) is 10.8 Å². The van der Waals surface area contributed by atoms with Crippen LogP contribution in [0.3, 0.4) is 0 Å². The highest BCUT2D eigenvalue weighted by atomic mass is 35.5. The SMILES string of the molecule is CC12CS(=O)(=O)[C@H](Cl)C1(C)[C@H](Cl)S(=O)(=O)C2. The molecule has 0 aliphatic carbocycles. The lowest BCUT2D eigenvalue weighted by molar-refractivity contribution is 0.189. The van der Waals surface area contributed by atoms with Crippen LogP contribution in [-0.2, 0) is 19.7 Å². The Morgan fingerprint density at radius 1 is 0.938 bits per heavy atom. The third-order valence-electron chi connectivity index (χ3n) is 3.91. The first-order chi connectivity index (χ1) is 6.97. The van der Waals surface area contributed by atoms with Crippen molar-refractivity contribution in [3.8, 4) is 0 Å². The fourth-order valence-corrected chi connectivity index (χ4v) is 9.60. The lowest BCUT2D eigenvalue weighted by atomic mass is 9.70. The third kappa shape index (κ3) is 1.27. The smallest absolute Gasteiger partial charge is 0.168 e. The van der Waals surface area contributed by atoms with Crippen LogP contribution in [0.2, 0.25) is 0 Å². The van der Waals surface area contributed by atoms with Gasteiger partial charge in [-0.1, -0.05) is 13.8 Å². The van der Waals surface area contributed by atoms with E-state index in [1.54, 1.807) is 13.8 Å². The Bertz CT molecular complexity index is 494. The lowest BCUT2D eigenvalue weighted by Gasteiger charge is -2.34. The number of sulfone groups is 2. The highest BCUT2D eigenvalue weighted by Crippen LogP contribution is 2.63. The van der Waals surface area contributed by atoms with Crippen molar-refractivity contribution in [2.24, 2.45) is 10.8 Å². The molecule has 0 spiro atoms. The van der Waals surface area contributed by atoms with Crippen LogP contribution in [0.25, 0.3) is 0 Å². The number of halogens is 2. The molecule has 2 aliphatic heterocycles. The Balaban J connectivity index is 2.70. The first-order valence-corrected chi connectivity index (χ1v) is 8.99. The molecule has 0 radical (unpaired) electrons. The Morgan fingerprint density at radius 2 is 1.25 bits per heavy atom. The van der Waals surface area contributed by atoms with Crippen LogP contribution in [0.4, 0.5) is 0 Å². The van der Waals surface area contributed by atoms with E-state index in [9.17, 15) is 16.8 Å². The number of fused-ring (bicyclic) bond motifs is 1. The molecule has 0 N–H and O–H groups in total. The van der Waals surface area contributed by atoms with Crippen molar-refractivity contribution < 1.29 is 16.8 Å². The fourth-order valence-electron chi connectivity index (χ4n) is 2.78. The summed E-state index contributed by atoms with van der Waals surface area (Å²) in [5.41, 5.74) is -2.00. The van der Waals surface area contributed by atoms with E-state index in [0.717, 1.165) is 0 Å². The van der Waals surface area contributed by atoms with Crippen LogP contribution in [0.1, 0.15) is 13.8 Å². The van der Waals surface area contributed by atoms with Gasteiger partial charge in [-0.2, -0.15) is 0 Å². The lowest BCUT2D eigenvalue weighted by Crippen LogP contribution is -2.41. The summed E-state index contributed by atoms with van der Waals surface area (Å²) in [4.78, 5) is 0. The molecule has 0 aromatic carbocycles. The maximum Gasteiger partial charge on any atom is 0.168 e. The van der Waals surface area contributed by atoms with Crippen molar-refractivity contribution >= 4 is 42.9 Å². The van der Waals surface area contributed by atoms with Gasteiger partial charge in [-0.3, -0.25) is 0 Å². The summed E-state index contributed by atoms with van der Waals surface area (Å²) in [5.74, 6) is -0.430. The molecule has 4 atom stereocenters. The fraction of sp³-hybridized carbons (Fsp3) is 1.00. The first kappa shape index (κ1) is 12.9. The van der Waals surface area contributed by atoms with E-state index < -0.39 is 39.9 Å². The van der Waals surface area contributed by atoms with E-state index in [1.165, 1.54) is 0 Å². The van der Waals surface area contributed by atoms with Gasteiger partial charge in [0.15, 0.2) is 19.7 Å². The van der Waals surface area contributed by atoms with Crippen molar-refractivity contribution in [3.05, 3.63) is 0 Å². The van der Waals surface area contributed by atoms with Crippen molar-refractivity contribution in [1.82, 2.24) is 0 Å². The molecule has 4 nitrogen and oxygen atoms in total. The van der Waals surface area contributed by atoms with Crippen LogP contribution in [0.15, 0.2) is 0 Å². The van der Waals surface area contributed by atoms with Gasteiger partial charge in [0, 0.05) is 10.8 Å². The molecule has 8 heteroatoms. The van der Waals surface area contributed by atoms with Crippen LogP contribution in [0.5, 0.6) is 0 Å². The molecule has 0 amide bonds. The average Bonchev–Trinajstić information content (AvgIpc) is 2.30. The van der Waals surface area contributed by atoms with Crippen LogP contribution < -0.4 is 0 Å². The Kier molecular flexibility index (Phi) is 2.49. The molecule has 0 aromatic rings. The molecule has 2 unspecified atom stereocenters. The maximum absolute atomic E-state index is 11.8. The van der Waals surface area contributed by atoms with Crippen molar-refractivity contribution in [1.29, 1.82) is 0 Å². The van der Waals surface area contributed by atoms with E-state index in [2.05, 4.69) is 0 Å². The second-order valence-electron chi connectivity index (χ2n) is 5.09. The van der Waals surface area contributed by atoms with Crippen molar-refractivity contribution in [3.63, 3.8) is 0 Å². The molecule has 16 heavy (non-hydrogen) atoms. The largest absolute Gasteiger partial charge is 0.227 e. The van der Waals surface area contributed by atoms with Gasteiger partial charge in [0.2, 0.25) is 0 Å². The topological polar surface area (TPSA) is 68.3 Å². The zero-order valence-corrected chi connectivity index (χ0v) is 11.9. The molecule has 2 rings (SSSR count). The van der Waals surface area contributed by atoms with E-state index in [4.69, 9.17) is 23.2 Å². The number of alkyl halides is 2. The molecule has 2 saturated heterocycles. The van der Waals surface area contributed by atoms with Gasteiger partial charge >= 0.3 is 0 Å². The van der Waals surface area contributed by atoms with E-state index >= 15 is 0 Å². The minimum absolute atomic E-state index is 0.215.